The third kappa shape index (κ3) is 1.56. The number of nitrogens with zero attached hydrogens (tertiary/aromatic N) is 2. The number of methoxy groups -OCH3 is 2. The number of rotatable bonds is 3. The third-order valence-electron chi connectivity index (χ3n) is 3.60. The van der Waals surface area contributed by atoms with Gasteiger partial charge < -0.3 is 14.0 Å². The standard InChI is InChI=1S/C14H16N2O2/c1-17-12-5-6-13(18-2)14-10(12)3-4-11(14)16-8-7-15-9-16/h5-9,11H,3-4H2,1-2H3. The molecule has 0 aliphatic heterocycles. The predicted molar refractivity (Wildman–Crippen MR) is 68.2 cm³/mol. The Kier molecular flexibility index (Phi) is 2.70. The average Bonchev–Trinajstić information content (AvgIpc) is 3.05. The first-order chi connectivity index (χ1) is 8.85. The van der Waals surface area contributed by atoms with Crippen molar-refractivity contribution in [2.24, 2.45) is 0 Å². The fraction of sp³-hybridized carbons (Fsp3) is 0.357. The van der Waals surface area contributed by atoms with Gasteiger partial charge >= 0.3 is 0 Å². The minimum absolute atomic E-state index is 0.299. The molecule has 4 nitrogen and oxygen atoms in total. The van der Waals surface area contributed by atoms with Crippen LogP contribution in [-0.4, -0.2) is 23.8 Å². The largest absolute Gasteiger partial charge is 0.496 e. The van der Waals surface area contributed by atoms with Crippen LogP contribution in [0.25, 0.3) is 0 Å². The van der Waals surface area contributed by atoms with E-state index < -0.39 is 0 Å². The van der Waals surface area contributed by atoms with Crippen LogP contribution in [-0.2, 0) is 6.42 Å². The second-order valence-electron chi connectivity index (χ2n) is 4.43. The molecule has 1 aliphatic carbocycles. The van der Waals surface area contributed by atoms with E-state index in [-0.39, 0.29) is 0 Å². The fourth-order valence-corrected chi connectivity index (χ4v) is 2.79. The molecule has 0 bridgehead atoms. The molecule has 94 valence electrons. The van der Waals surface area contributed by atoms with Gasteiger partial charge in [0, 0.05) is 23.5 Å². The third-order valence-corrected chi connectivity index (χ3v) is 3.60. The van der Waals surface area contributed by atoms with Crippen molar-refractivity contribution in [1.29, 1.82) is 0 Å². The molecule has 1 heterocycles. The van der Waals surface area contributed by atoms with Crippen LogP contribution in [0, 0.1) is 0 Å². The Morgan fingerprint density at radius 1 is 1.22 bits per heavy atom. The lowest BCUT2D eigenvalue weighted by Crippen LogP contribution is -2.06. The lowest BCUT2D eigenvalue weighted by atomic mass is 10.1. The lowest BCUT2D eigenvalue weighted by Gasteiger charge is -2.17. The molecule has 0 spiro atoms. The van der Waals surface area contributed by atoms with E-state index in [0.29, 0.717) is 6.04 Å². The van der Waals surface area contributed by atoms with Crippen molar-refractivity contribution >= 4 is 0 Å². The van der Waals surface area contributed by atoms with Gasteiger partial charge in [-0.25, -0.2) is 4.98 Å². The summed E-state index contributed by atoms with van der Waals surface area (Å²) < 4.78 is 13.1. The van der Waals surface area contributed by atoms with Crippen molar-refractivity contribution in [1.82, 2.24) is 9.55 Å². The zero-order valence-electron chi connectivity index (χ0n) is 10.6. The van der Waals surface area contributed by atoms with Crippen LogP contribution >= 0.6 is 0 Å². The van der Waals surface area contributed by atoms with E-state index in [9.17, 15) is 0 Å². The number of ether oxygens (including phenoxy) is 2. The van der Waals surface area contributed by atoms with Gasteiger partial charge in [-0.2, -0.15) is 0 Å². The molecule has 0 N–H and O–H groups in total. The topological polar surface area (TPSA) is 36.3 Å². The van der Waals surface area contributed by atoms with Crippen molar-refractivity contribution in [3.8, 4) is 11.5 Å². The number of aromatic nitrogens is 2. The molecule has 0 saturated heterocycles. The van der Waals surface area contributed by atoms with Gasteiger partial charge in [-0.1, -0.05) is 0 Å². The van der Waals surface area contributed by atoms with Crippen LogP contribution in [0.4, 0.5) is 0 Å². The average molecular weight is 244 g/mol. The normalized spacial score (nSPS) is 17.6. The van der Waals surface area contributed by atoms with Crippen LogP contribution in [0.3, 0.4) is 0 Å². The molecular formula is C14H16N2O2. The van der Waals surface area contributed by atoms with E-state index in [1.165, 1.54) is 11.1 Å². The van der Waals surface area contributed by atoms with Crippen LogP contribution in [0.2, 0.25) is 0 Å². The Morgan fingerprint density at radius 3 is 2.67 bits per heavy atom. The molecule has 0 amide bonds. The van der Waals surface area contributed by atoms with Crippen molar-refractivity contribution in [2.75, 3.05) is 14.2 Å². The second-order valence-corrected chi connectivity index (χ2v) is 4.43. The van der Waals surface area contributed by atoms with E-state index in [1.54, 1.807) is 14.2 Å². The number of benzene rings is 1. The minimum Gasteiger partial charge on any atom is -0.496 e. The summed E-state index contributed by atoms with van der Waals surface area (Å²) in [5.74, 6) is 1.88. The molecule has 3 rings (SSSR count). The maximum Gasteiger partial charge on any atom is 0.124 e. The molecule has 1 aliphatic rings. The van der Waals surface area contributed by atoms with E-state index in [4.69, 9.17) is 9.47 Å². The van der Waals surface area contributed by atoms with E-state index >= 15 is 0 Å². The molecule has 4 heteroatoms. The van der Waals surface area contributed by atoms with Crippen LogP contribution < -0.4 is 9.47 Å². The van der Waals surface area contributed by atoms with Crippen molar-refractivity contribution < 1.29 is 9.47 Å². The van der Waals surface area contributed by atoms with Gasteiger partial charge in [0.25, 0.3) is 0 Å². The quantitative estimate of drug-likeness (QED) is 0.832. The number of fused-ring (bicyclic) bond motifs is 1. The van der Waals surface area contributed by atoms with Crippen molar-refractivity contribution in [3.63, 3.8) is 0 Å². The summed E-state index contributed by atoms with van der Waals surface area (Å²) in [6, 6.07) is 4.26. The number of hydrogen-bond donors (Lipinski definition) is 0. The first kappa shape index (κ1) is 11.1. The zero-order valence-corrected chi connectivity index (χ0v) is 10.6. The summed E-state index contributed by atoms with van der Waals surface area (Å²) in [5.41, 5.74) is 2.49. The predicted octanol–water partition coefficient (Wildman–Crippen LogP) is 2.44. The molecule has 2 aromatic rings. The molecule has 1 aromatic carbocycles. The number of hydrogen-bond acceptors (Lipinski definition) is 3. The summed E-state index contributed by atoms with van der Waals surface area (Å²) in [7, 11) is 3.43. The summed E-state index contributed by atoms with van der Waals surface area (Å²) >= 11 is 0. The highest BCUT2D eigenvalue weighted by Crippen LogP contribution is 2.44. The van der Waals surface area contributed by atoms with Gasteiger partial charge in [-0.05, 0) is 25.0 Å². The number of imidazole rings is 1. The Hall–Kier alpha value is -1.97. The second kappa shape index (κ2) is 4.37. The van der Waals surface area contributed by atoms with Gasteiger partial charge in [-0.15, -0.1) is 0 Å². The maximum absolute atomic E-state index is 5.50. The smallest absolute Gasteiger partial charge is 0.124 e. The van der Waals surface area contributed by atoms with Gasteiger partial charge in [-0.3, -0.25) is 0 Å². The molecule has 1 atom stereocenters. The maximum atomic E-state index is 5.50. The summed E-state index contributed by atoms with van der Waals surface area (Å²) in [6.45, 7) is 0. The van der Waals surface area contributed by atoms with Gasteiger partial charge in [0.1, 0.15) is 11.5 Å². The fourth-order valence-electron chi connectivity index (χ4n) is 2.79. The highest BCUT2D eigenvalue weighted by Gasteiger charge is 2.29. The molecule has 1 unspecified atom stereocenters. The first-order valence-corrected chi connectivity index (χ1v) is 6.06. The molecule has 0 saturated carbocycles. The summed E-state index contributed by atoms with van der Waals surface area (Å²) in [4.78, 5) is 4.13. The van der Waals surface area contributed by atoms with Gasteiger partial charge in [0.15, 0.2) is 0 Å². The van der Waals surface area contributed by atoms with Crippen LogP contribution in [0.1, 0.15) is 23.6 Å². The highest BCUT2D eigenvalue weighted by atomic mass is 16.5. The highest BCUT2D eigenvalue weighted by molar-refractivity contribution is 5.53. The molecular weight excluding hydrogens is 228 g/mol. The lowest BCUT2D eigenvalue weighted by molar-refractivity contribution is 0.394. The van der Waals surface area contributed by atoms with Gasteiger partial charge in [0.2, 0.25) is 0 Å². The molecule has 18 heavy (non-hydrogen) atoms. The molecule has 1 aromatic heterocycles. The first-order valence-electron chi connectivity index (χ1n) is 6.06. The zero-order chi connectivity index (χ0) is 12.5. The van der Waals surface area contributed by atoms with Crippen LogP contribution in [0.15, 0.2) is 30.9 Å². The van der Waals surface area contributed by atoms with E-state index in [1.807, 2.05) is 30.9 Å². The van der Waals surface area contributed by atoms with Gasteiger partial charge in [0.05, 0.1) is 26.6 Å². The van der Waals surface area contributed by atoms with Crippen molar-refractivity contribution in [3.05, 3.63) is 42.0 Å². The summed E-state index contributed by atoms with van der Waals surface area (Å²) in [5, 5.41) is 0. The van der Waals surface area contributed by atoms with E-state index in [0.717, 1.165) is 24.3 Å². The van der Waals surface area contributed by atoms with E-state index in [2.05, 4.69) is 9.55 Å². The minimum atomic E-state index is 0.299. The molecule has 0 fully saturated rings. The van der Waals surface area contributed by atoms with Crippen LogP contribution in [0.5, 0.6) is 11.5 Å². The Balaban J connectivity index is 2.14. The Morgan fingerprint density at radius 2 is 2.00 bits per heavy atom. The molecule has 0 radical (unpaired) electrons. The monoisotopic (exact) mass is 244 g/mol. The Bertz CT molecular complexity index is 549. The summed E-state index contributed by atoms with van der Waals surface area (Å²) in [6.07, 6.45) is 7.74. The van der Waals surface area contributed by atoms with Crippen molar-refractivity contribution in [2.45, 2.75) is 18.9 Å². The SMILES string of the molecule is COc1ccc(OC)c2c1CCC2n1ccnc1. The Labute approximate surface area is 106 Å².